The molecule has 20 heavy (non-hydrogen) atoms. The molecule has 1 aliphatic rings. The van der Waals surface area contributed by atoms with E-state index in [4.69, 9.17) is 10.00 Å². The van der Waals surface area contributed by atoms with Gasteiger partial charge in [0.2, 0.25) is 0 Å². The summed E-state index contributed by atoms with van der Waals surface area (Å²) < 4.78 is 5.49. The van der Waals surface area contributed by atoms with E-state index in [1.165, 1.54) is 0 Å². The minimum absolute atomic E-state index is 0.0298. The van der Waals surface area contributed by atoms with Crippen LogP contribution in [0.1, 0.15) is 32.3 Å². The first-order valence-electron chi connectivity index (χ1n) is 6.91. The van der Waals surface area contributed by atoms with Gasteiger partial charge in [-0.25, -0.2) is 0 Å². The van der Waals surface area contributed by atoms with E-state index in [-0.39, 0.29) is 17.9 Å². The van der Waals surface area contributed by atoms with E-state index in [9.17, 15) is 4.79 Å². The summed E-state index contributed by atoms with van der Waals surface area (Å²) in [6, 6.07) is 8.85. The van der Waals surface area contributed by atoms with Gasteiger partial charge < -0.3 is 9.64 Å². The molecule has 0 atom stereocenters. The second kappa shape index (κ2) is 5.96. The Balaban J connectivity index is 1.87. The van der Waals surface area contributed by atoms with Crippen molar-refractivity contribution < 1.29 is 9.53 Å². The first kappa shape index (κ1) is 14.4. The van der Waals surface area contributed by atoms with Gasteiger partial charge in [-0.3, -0.25) is 4.79 Å². The summed E-state index contributed by atoms with van der Waals surface area (Å²) in [5, 5.41) is 8.71. The number of rotatable bonds is 3. The monoisotopic (exact) mass is 272 g/mol. The molecule has 1 saturated heterocycles. The van der Waals surface area contributed by atoms with Crippen molar-refractivity contribution in [3.8, 4) is 11.8 Å². The summed E-state index contributed by atoms with van der Waals surface area (Å²) in [5.41, 5.74) is 0.781. The lowest BCUT2D eigenvalue weighted by atomic mass is 9.84. The number of nitriles is 1. The normalized spacial score (nSPS) is 17.4. The maximum Gasteiger partial charge on any atom is 0.260 e. The van der Waals surface area contributed by atoms with Crippen molar-refractivity contribution in [1.29, 1.82) is 5.26 Å². The maximum atomic E-state index is 12.1. The van der Waals surface area contributed by atoms with E-state index < -0.39 is 0 Å². The highest BCUT2D eigenvalue weighted by Crippen LogP contribution is 2.28. The number of hydrogen-bond donors (Lipinski definition) is 0. The molecule has 0 bridgehead atoms. The Kier molecular flexibility index (Phi) is 4.29. The minimum Gasteiger partial charge on any atom is -0.484 e. The molecule has 2 rings (SSSR count). The number of nitrogens with zero attached hydrogens (tertiary/aromatic N) is 2. The van der Waals surface area contributed by atoms with Gasteiger partial charge in [0, 0.05) is 13.1 Å². The third kappa shape index (κ3) is 3.74. The number of carbonyl (C=O) groups is 1. The molecule has 0 spiro atoms. The van der Waals surface area contributed by atoms with Crippen LogP contribution in [0.15, 0.2) is 24.3 Å². The second-order valence-electron chi connectivity index (χ2n) is 6.01. The van der Waals surface area contributed by atoms with E-state index in [1.54, 1.807) is 24.3 Å². The zero-order valence-corrected chi connectivity index (χ0v) is 12.1. The Morgan fingerprint density at radius 2 is 2.10 bits per heavy atom. The standard InChI is InChI=1S/C16H20N2O2/c1-16(2)8-3-9-18(12-16)15(19)11-20-14-6-4-13(10-17)5-7-14/h4-7H,3,8-9,11-12H2,1-2H3. The molecular weight excluding hydrogens is 252 g/mol. The van der Waals surface area contributed by atoms with Crippen LogP contribution < -0.4 is 4.74 Å². The highest BCUT2D eigenvalue weighted by Gasteiger charge is 2.29. The summed E-state index contributed by atoms with van der Waals surface area (Å²) in [6.45, 7) is 6.05. The predicted molar refractivity (Wildman–Crippen MR) is 76.2 cm³/mol. The van der Waals surface area contributed by atoms with Crippen LogP contribution in [0.5, 0.6) is 5.75 Å². The van der Waals surface area contributed by atoms with Crippen molar-refractivity contribution in [3.63, 3.8) is 0 Å². The van der Waals surface area contributed by atoms with Crippen molar-refractivity contribution in [2.24, 2.45) is 5.41 Å². The number of ether oxygens (including phenoxy) is 1. The van der Waals surface area contributed by atoms with Gasteiger partial charge >= 0.3 is 0 Å². The van der Waals surface area contributed by atoms with E-state index in [0.29, 0.717) is 11.3 Å². The Hall–Kier alpha value is -2.02. The van der Waals surface area contributed by atoms with Crippen molar-refractivity contribution in [2.75, 3.05) is 19.7 Å². The molecule has 0 unspecified atom stereocenters. The third-order valence-corrected chi connectivity index (χ3v) is 3.60. The number of amides is 1. The summed E-state index contributed by atoms with van der Waals surface area (Å²) in [4.78, 5) is 14.0. The lowest BCUT2D eigenvalue weighted by Crippen LogP contribution is -2.45. The SMILES string of the molecule is CC1(C)CCCN(C(=O)COc2ccc(C#N)cc2)C1. The van der Waals surface area contributed by atoms with Crippen LogP contribution in [0.2, 0.25) is 0 Å². The molecule has 0 saturated carbocycles. The van der Waals surface area contributed by atoms with Gasteiger partial charge in [0.1, 0.15) is 5.75 Å². The Labute approximate surface area is 120 Å². The van der Waals surface area contributed by atoms with E-state index >= 15 is 0 Å². The molecular formula is C16H20N2O2. The molecule has 4 nitrogen and oxygen atoms in total. The van der Waals surface area contributed by atoms with Gasteiger partial charge in [-0.05, 0) is 42.5 Å². The topological polar surface area (TPSA) is 53.3 Å². The average Bonchev–Trinajstić information content (AvgIpc) is 2.44. The van der Waals surface area contributed by atoms with Crippen molar-refractivity contribution >= 4 is 5.91 Å². The van der Waals surface area contributed by atoms with Crippen molar-refractivity contribution in [3.05, 3.63) is 29.8 Å². The summed E-state index contributed by atoms with van der Waals surface area (Å²) in [7, 11) is 0. The zero-order valence-electron chi connectivity index (χ0n) is 12.1. The van der Waals surface area contributed by atoms with Crippen LogP contribution in [0.25, 0.3) is 0 Å². The van der Waals surface area contributed by atoms with Crippen molar-refractivity contribution in [1.82, 2.24) is 4.90 Å². The van der Waals surface area contributed by atoms with Gasteiger partial charge in [0.15, 0.2) is 6.61 Å². The number of piperidine rings is 1. The van der Waals surface area contributed by atoms with Crippen molar-refractivity contribution in [2.45, 2.75) is 26.7 Å². The smallest absolute Gasteiger partial charge is 0.260 e. The van der Waals surface area contributed by atoms with Crippen LogP contribution in [-0.4, -0.2) is 30.5 Å². The molecule has 1 aliphatic heterocycles. The van der Waals surface area contributed by atoms with Gasteiger partial charge in [-0.1, -0.05) is 13.8 Å². The molecule has 0 aromatic heterocycles. The third-order valence-electron chi connectivity index (χ3n) is 3.60. The lowest BCUT2D eigenvalue weighted by Gasteiger charge is -2.37. The highest BCUT2D eigenvalue weighted by atomic mass is 16.5. The second-order valence-corrected chi connectivity index (χ2v) is 6.01. The van der Waals surface area contributed by atoms with Crippen LogP contribution in [0.3, 0.4) is 0 Å². The number of benzene rings is 1. The lowest BCUT2D eigenvalue weighted by molar-refractivity contribution is -0.136. The molecule has 0 aliphatic carbocycles. The number of carbonyl (C=O) groups excluding carboxylic acids is 1. The number of likely N-dealkylation sites (tertiary alicyclic amines) is 1. The summed E-state index contributed by atoms with van der Waals surface area (Å²) >= 11 is 0. The number of hydrogen-bond acceptors (Lipinski definition) is 3. The van der Waals surface area contributed by atoms with Crippen LogP contribution in [0, 0.1) is 16.7 Å². The Morgan fingerprint density at radius 3 is 2.70 bits per heavy atom. The first-order chi connectivity index (χ1) is 9.50. The fourth-order valence-electron chi connectivity index (χ4n) is 2.50. The van der Waals surface area contributed by atoms with Gasteiger partial charge in [-0.15, -0.1) is 0 Å². The Morgan fingerprint density at radius 1 is 1.40 bits per heavy atom. The molecule has 0 N–H and O–H groups in total. The molecule has 1 aromatic carbocycles. The zero-order chi connectivity index (χ0) is 14.6. The van der Waals surface area contributed by atoms with Crippen LogP contribution >= 0.6 is 0 Å². The average molecular weight is 272 g/mol. The van der Waals surface area contributed by atoms with Gasteiger partial charge in [0.05, 0.1) is 11.6 Å². The molecule has 0 radical (unpaired) electrons. The van der Waals surface area contributed by atoms with E-state index in [1.807, 2.05) is 11.0 Å². The maximum absolute atomic E-state index is 12.1. The van der Waals surface area contributed by atoms with E-state index in [2.05, 4.69) is 13.8 Å². The summed E-state index contributed by atoms with van der Waals surface area (Å²) in [6.07, 6.45) is 2.21. The predicted octanol–water partition coefficient (Wildman–Crippen LogP) is 2.59. The van der Waals surface area contributed by atoms with Crippen LogP contribution in [-0.2, 0) is 4.79 Å². The molecule has 1 amide bonds. The fourth-order valence-corrected chi connectivity index (χ4v) is 2.50. The minimum atomic E-state index is 0.0298. The van der Waals surface area contributed by atoms with Gasteiger partial charge in [-0.2, -0.15) is 5.26 Å². The first-order valence-corrected chi connectivity index (χ1v) is 6.91. The molecule has 1 heterocycles. The highest BCUT2D eigenvalue weighted by molar-refractivity contribution is 5.78. The quantitative estimate of drug-likeness (QED) is 0.849. The molecule has 106 valence electrons. The van der Waals surface area contributed by atoms with Crippen LogP contribution in [0.4, 0.5) is 0 Å². The fraction of sp³-hybridized carbons (Fsp3) is 0.500. The van der Waals surface area contributed by atoms with Gasteiger partial charge in [0.25, 0.3) is 5.91 Å². The molecule has 1 aromatic rings. The summed E-state index contributed by atoms with van der Waals surface area (Å²) in [5.74, 6) is 0.649. The molecule has 1 fully saturated rings. The Bertz CT molecular complexity index is 514. The van der Waals surface area contributed by atoms with E-state index in [0.717, 1.165) is 25.9 Å². The largest absolute Gasteiger partial charge is 0.484 e. The molecule has 4 heteroatoms.